The molecule has 1 aromatic carbocycles. The number of hydrogen-bond acceptors (Lipinski definition) is 2. The summed E-state index contributed by atoms with van der Waals surface area (Å²) >= 11 is 1.90. The molecule has 0 radical (unpaired) electrons. The molecule has 1 nitrogen and oxygen atoms in total. The summed E-state index contributed by atoms with van der Waals surface area (Å²) in [4.78, 5) is 4.04. The molecule has 2 heterocycles. The molecular formula is C18H21NSSi. The molecule has 108 valence electrons. The van der Waals surface area contributed by atoms with E-state index in [1.54, 1.807) is 4.88 Å². The highest BCUT2D eigenvalue weighted by Gasteiger charge is 2.20. The highest BCUT2D eigenvalue weighted by molar-refractivity contribution is 7.10. The SMILES string of the molecule is C[Si](C)(C#CCN1CCc2sccc2C1)c1ccccc1. The first-order chi connectivity index (χ1) is 10.1. The molecule has 0 bridgehead atoms. The van der Waals surface area contributed by atoms with Crippen molar-refractivity contribution in [1.82, 2.24) is 4.90 Å². The first kappa shape index (κ1) is 14.6. The van der Waals surface area contributed by atoms with Crippen LogP contribution < -0.4 is 5.19 Å². The predicted molar refractivity (Wildman–Crippen MR) is 94.6 cm³/mol. The molecule has 0 atom stereocenters. The van der Waals surface area contributed by atoms with Gasteiger partial charge in [-0.15, -0.1) is 16.9 Å². The molecular weight excluding hydrogens is 290 g/mol. The fourth-order valence-electron chi connectivity index (χ4n) is 2.74. The van der Waals surface area contributed by atoms with Crippen LogP contribution in [0.15, 0.2) is 41.8 Å². The van der Waals surface area contributed by atoms with Gasteiger partial charge < -0.3 is 0 Å². The van der Waals surface area contributed by atoms with Gasteiger partial charge in [0, 0.05) is 18.0 Å². The van der Waals surface area contributed by atoms with Gasteiger partial charge >= 0.3 is 0 Å². The Morgan fingerprint density at radius 1 is 1.19 bits per heavy atom. The van der Waals surface area contributed by atoms with Crippen molar-refractivity contribution in [3.05, 3.63) is 52.2 Å². The van der Waals surface area contributed by atoms with Crippen molar-refractivity contribution in [3.8, 4) is 11.5 Å². The van der Waals surface area contributed by atoms with E-state index in [1.165, 1.54) is 17.2 Å². The highest BCUT2D eigenvalue weighted by atomic mass is 32.1. The molecule has 1 aromatic heterocycles. The van der Waals surface area contributed by atoms with Crippen molar-refractivity contribution in [2.24, 2.45) is 0 Å². The van der Waals surface area contributed by atoms with Gasteiger partial charge in [0.05, 0.1) is 6.54 Å². The second-order valence-electron chi connectivity index (χ2n) is 6.12. The normalized spacial score (nSPS) is 15.1. The topological polar surface area (TPSA) is 3.24 Å². The summed E-state index contributed by atoms with van der Waals surface area (Å²) in [7, 11) is -1.61. The van der Waals surface area contributed by atoms with Crippen LogP contribution in [0.4, 0.5) is 0 Å². The van der Waals surface area contributed by atoms with Crippen molar-refractivity contribution in [3.63, 3.8) is 0 Å². The Morgan fingerprint density at radius 2 is 2.00 bits per heavy atom. The lowest BCUT2D eigenvalue weighted by molar-refractivity contribution is 0.288. The fraction of sp³-hybridized carbons (Fsp3) is 0.333. The minimum absolute atomic E-state index is 0.901. The predicted octanol–water partition coefficient (Wildman–Crippen LogP) is 3.26. The van der Waals surface area contributed by atoms with E-state index >= 15 is 0 Å². The van der Waals surface area contributed by atoms with Gasteiger partial charge in [-0.1, -0.05) is 49.3 Å². The fourth-order valence-corrected chi connectivity index (χ4v) is 5.32. The standard InChI is InChI=1S/C18H21NSSi/c1-21(2,17-7-4-3-5-8-17)14-6-11-19-12-9-18-16(15-19)10-13-20-18/h3-5,7-8,10,13H,9,11-12,15H2,1-2H3. The Hall–Kier alpha value is -1.34. The third-order valence-corrected chi connectivity index (χ3v) is 7.69. The zero-order valence-electron chi connectivity index (χ0n) is 12.7. The summed E-state index contributed by atoms with van der Waals surface area (Å²) in [6.07, 6.45) is 1.19. The monoisotopic (exact) mass is 311 g/mol. The maximum atomic E-state index is 3.59. The maximum absolute atomic E-state index is 3.59. The van der Waals surface area contributed by atoms with Crippen LogP contribution in [0.3, 0.4) is 0 Å². The van der Waals surface area contributed by atoms with Gasteiger partial charge in [-0.2, -0.15) is 0 Å². The van der Waals surface area contributed by atoms with Crippen LogP contribution in [-0.4, -0.2) is 26.1 Å². The smallest absolute Gasteiger partial charge is 0.162 e. The average Bonchev–Trinajstić information content (AvgIpc) is 2.95. The number of nitrogens with zero attached hydrogens (tertiary/aromatic N) is 1. The molecule has 2 aromatic rings. The van der Waals surface area contributed by atoms with Gasteiger partial charge in [0.15, 0.2) is 8.07 Å². The van der Waals surface area contributed by atoms with Gasteiger partial charge in [0.2, 0.25) is 0 Å². The highest BCUT2D eigenvalue weighted by Crippen LogP contribution is 2.23. The molecule has 1 aliphatic heterocycles. The molecule has 21 heavy (non-hydrogen) atoms. The van der Waals surface area contributed by atoms with Crippen molar-refractivity contribution in [2.45, 2.75) is 26.1 Å². The molecule has 0 fully saturated rings. The van der Waals surface area contributed by atoms with Crippen LogP contribution in [0, 0.1) is 11.5 Å². The van der Waals surface area contributed by atoms with Crippen LogP contribution >= 0.6 is 11.3 Å². The molecule has 1 aliphatic rings. The number of thiophene rings is 1. The number of benzene rings is 1. The molecule has 0 spiro atoms. The maximum Gasteiger partial charge on any atom is 0.162 e. The van der Waals surface area contributed by atoms with Gasteiger partial charge in [-0.05, 0) is 28.6 Å². The van der Waals surface area contributed by atoms with E-state index in [1.807, 2.05) is 11.3 Å². The Kier molecular flexibility index (Phi) is 4.30. The number of hydrogen-bond donors (Lipinski definition) is 0. The molecule has 0 unspecified atom stereocenters. The molecule has 0 amide bonds. The summed E-state index contributed by atoms with van der Waals surface area (Å²) in [5, 5.41) is 3.64. The van der Waals surface area contributed by atoms with Crippen molar-refractivity contribution >= 4 is 24.6 Å². The lowest BCUT2D eigenvalue weighted by Gasteiger charge is -2.24. The summed E-state index contributed by atoms with van der Waals surface area (Å²) < 4.78 is 0. The number of fused-ring (bicyclic) bond motifs is 1. The van der Waals surface area contributed by atoms with E-state index in [9.17, 15) is 0 Å². The largest absolute Gasteiger partial charge is 0.288 e. The summed E-state index contributed by atoms with van der Waals surface area (Å²) in [5.41, 5.74) is 5.10. The second kappa shape index (κ2) is 6.19. The molecule has 3 heteroatoms. The quantitative estimate of drug-likeness (QED) is 0.608. The van der Waals surface area contributed by atoms with E-state index in [0.29, 0.717) is 0 Å². The Bertz CT molecular complexity index is 663. The van der Waals surface area contributed by atoms with Gasteiger partial charge in [-0.3, -0.25) is 4.90 Å². The van der Waals surface area contributed by atoms with Gasteiger partial charge in [-0.25, -0.2) is 0 Å². The summed E-state index contributed by atoms with van der Waals surface area (Å²) in [6, 6.07) is 13.0. The van der Waals surface area contributed by atoms with Gasteiger partial charge in [0.1, 0.15) is 0 Å². The Balaban J connectivity index is 1.64. The van der Waals surface area contributed by atoms with Crippen LogP contribution in [-0.2, 0) is 13.0 Å². The zero-order chi connectivity index (χ0) is 14.7. The lowest BCUT2D eigenvalue weighted by Crippen LogP contribution is -2.40. The molecule has 3 rings (SSSR count). The average molecular weight is 312 g/mol. The first-order valence-corrected chi connectivity index (χ1v) is 11.4. The van der Waals surface area contributed by atoms with E-state index in [-0.39, 0.29) is 0 Å². The van der Waals surface area contributed by atoms with Crippen LogP contribution in [0.2, 0.25) is 13.1 Å². The van der Waals surface area contributed by atoms with Crippen molar-refractivity contribution in [2.75, 3.05) is 13.1 Å². The minimum Gasteiger partial charge on any atom is -0.288 e. The van der Waals surface area contributed by atoms with E-state index < -0.39 is 8.07 Å². The van der Waals surface area contributed by atoms with E-state index in [0.717, 1.165) is 19.6 Å². The molecule has 0 aliphatic carbocycles. The van der Waals surface area contributed by atoms with Crippen LogP contribution in [0.1, 0.15) is 10.4 Å². The van der Waals surface area contributed by atoms with Crippen LogP contribution in [0.25, 0.3) is 0 Å². The van der Waals surface area contributed by atoms with Crippen LogP contribution in [0.5, 0.6) is 0 Å². The van der Waals surface area contributed by atoms with Crippen molar-refractivity contribution in [1.29, 1.82) is 0 Å². The minimum atomic E-state index is -1.61. The van der Waals surface area contributed by atoms with E-state index in [4.69, 9.17) is 0 Å². The molecule has 0 saturated carbocycles. The Morgan fingerprint density at radius 3 is 2.81 bits per heavy atom. The summed E-state index contributed by atoms with van der Waals surface area (Å²) in [6.45, 7) is 7.79. The molecule has 0 N–H and O–H groups in total. The van der Waals surface area contributed by atoms with Gasteiger partial charge in [0.25, 0.3) is 0 Å². The third kappa shape index (κ3) is 3.46. The third-order valence-electron chi connectivity index (χ3n) is 4.09. The lowest BCUT2D eigenvalue weighted by atomic mass is 10.1. The van der Waals surface area contributed by atoms with E-state index in [2.05, 4.69) is 71.2 Å². The molecule has 0 saturated heterocycles. The van der Waals surface area contributed by atoms with Crippen molar-refractivity contribution < 1.29 is 0 Å². The summed E-state index contributed by atoms with van der Waals surface area (Å²) in [5.74, 6) is 3.46. The zero-order valence-corrected chi connectivity index (χ0v) is 14.5. The first-order valence-electron chi connectivity index (χ1n) is 7.48. The second-order valence-corrected chi connectivity index (χ2v) is 11.2. The number of rotatable bonds is 2. The Labute approximate surface area is 132 Å².